The van der Waals surface area contributed by atoms with Gasteiger partial charge >= 0.3 is 11.9 Å². The molecule has 0 saturated carbocycles. The molecule has 1 aliphatic rings. The van der Waals surface area contributed by atoms with Gasteiger partial charge in [0.25, 0.3) is 5.69 Å². The lowest BCUT2D eigenvalue weighted by Gasteiger charge is -2.18. The molecule has 1 heterocycles. The van der Waals surface area contributed by atoms with Gasteiger partial charge in [-0.05, 0) is 35.4 Å². The second kappa shape index (κ2) is 9.21. The Balaban J connectivity index is 1.66. The van der Waals surface area contributed by atoms with Crippen molar-refractivity contribution in [2.24, 2.45) is 0 Å². The second-order valence-electron chi connectivity index (χ2n) is 6.97. The predicted octanol–water partition coefficient (Wildman–Crippen LogP) is 3.45. The Morgan fingerprint density at radius 1 is 0.900 bits per heavy atom. The topological polar surface area (TPSA) is 99.0 Å². The van der Waals surface area contributed by atoms with Crippen molar-refractivity contribution < 1.29 is 24.0 Å². The molecular weight excluding hydrogens is 388 g/mol. The number of esters is 2. The molecule has 1 aliphatic heterocycles. The highest BCUT2D eigenvalue weighted by molar-refractivity contribution is 5.71. The van der Waals surface area contributed by atoms with Crippen LogP contribution in [0.3, 0.4) is 0 Å². The molecule has 2 aromatic carbocycles. The van der Waals surface area contributed by atoms with Crippen LogP contribution in [0.25, 0.3) is 12.2 Å². The van der Waals surface area contributed by atoms with E-state index in [2.05, 4.69) is 0 Å². The molecule has 0 bridgehead atoms. The van der Waals surface area contributed by atoms with Crippen LogP contribution in [-0.2, 0) is 19.1 Å². The molecule has 0 amide bonds. The molecule has 8 heteroatoms. The van der Waals surface area contributed by atoms with Gasteiger partial charge in [0.1, 0.15) is 0 Å². The van der Waals surface area contributed by atoms with E-state index in [1.165, 1.54) is 26.0 Å². The van der Waals surface area contributed by atoms with Crippen LogP contribution in [0.2, 0.25) is 0 Å². The minimum absolute atomic E-state index is 0.0567. The first-order valence-electron chi connectivity index (χ1n) is 9.44. The summed E-state index contributed by atoms with van der Waals surface area (Å²) in [5.74, 6) is -0.823. The Hall–Kier alpha value is -3.68. The Morgan fingerprint density at radius 3 is 1.73 bits per heavy atom. The SMILES string of the molecule is CC(=O)OC1CN(c2ccc(/C=C/c3ccc([N+](=O)[O-])cc3)cc2)CC1OC(C)=O. The van der Waals surface area contributed by atoms with Gasteiger partial charge in [-0.15, -0.1) is 0 Å². The van der Waals surface area contributed by atoms with E-state index in [0.717, 1.165) is 16.8 Å². The van der Waals surface area contributed by atoms with Gasteiger partial charge in [0.05, 0.1) is 18.0 Å². The molecule has 30 heavy (non-hydrogen) atoms. The molecule has 1 saturated heterocycles. The molecule has 0 radical (unpaired) electrons. The first-order chi connectivity index (χ1) is 14.3. The van der Waals surface area contributed by atoms with Gasteiger partial charge in [0.2, 0.25) is 0 Å². The lowest BCUT2D eigenvalue weighted by molar-refractivity contribution is -0.384. The number of carbonyl (C=O) groups excluding carboxylic acids is 2. The molecule has 1 fully saturated rings. The Morgan fingerprint density at radius 2 is 1.33 bits per heavy atom. The van der Waals surface area contributed by atoms with Crippen molar-refractivity contribution in [1.29, 1.82) is 0 Å². The number of hydrogen-bond donors (Lipinski definition) is 0. The zero-order valence-electron chi connectivity index (χ0n) is 16.7. The minimum Gasteiger partial charge on any atom is -0.457 e. The van der Waals surface area contributed by atoms with Gasteiger partial charge in [-0.2, -0.15) is 0 Å². The second-order valence-corrected chi connectivity index (χ2v) is 6.97. The standard InChI is InChI=1S/C22H22N2O6/c1-15(25)29-21-13-23(14-22(21)30-16(2)26)19-9-5-17(6-10-19)3-4-18-7-11-20(12-8-18)24(27)28/h3-12,21-22H,13-14H2,1-2H3/b4-3+. The number of hydrogen-bond acceptors (Lipinski definition) is 7. The van der Waals surface area contributed by atoms with Crippen LogP contribution in [0, 0.1) is 10.1 Å². The van der Waals surface area contributed by atoms with Crippen molar-refractivity contribution >= 4 is 35.5 Å². The third-order valence-corrected chi connectivity index (χ3v) is 4.68. The van der Waals surface area contributed by atoms with E-state index in [0.29, 0.717) is 13.1 Å². The van der Waals surface area contributed by atoms with E-state index in [1.54, 1.807) is 12.1 Å². The van der Waals surface area contributed by atoms with Crippen LogP contribution in [0.5, 0.6) is 0 Å². The minimum atomic E-state index is -0.506. The van der Waals surface area contributed by atoms with Crippen molar-refractivity contribution in [2.45, 2.75) is 26.1 Å². The zero-order valence-corrected chi connectivity index (χ0v) is 16.7. The van der Waals surface area contributed by atoms with Gasteiger partial charge in [0.15, 0.2) is 12.2 Å². The van der Waals surface area contributed by atoms with Crippen LogP contribution < -0.4 is 4.90 Å². The molecule has 156 valence electrons. The molecule has 0 spiro atoms. The number of benzene rings is 2. The third-order valence-electron chi connectivity index (χ3n) is 4.68. The number of non-ortho nitro benzene ring substituents is 1. The summed E-state index contributed by atoms with van der Waals surface area (Å²) in [5.41, 5.74) is 2.80. The van der Waals surface area contributed by atoms with Gasteiger partial charge in [-0.25, -0.2) is 0 Å². The normalized spacial score (nSPS) is 18.4. The number of rotatable bonds is 6. The lowest BCUT2D eigenvalue weighted by Crippen LogP contribution is -2.32. The van der Waals surface area contributed by atoms with Crippen molar-refractivity contribution in [3.8, 4) is 0 Å². The van der Waals surface area contributed by atoms with Crippen molar-refractivity contribution in [3.05, 3.63) is 69.8 Å². The first-order valence-corrected chi connectivity index (χ1v) is 9.44. The molecule has 2 aromatic rings. The fourth-order valence-electron chi connectivity index (χ4n) is 3.30. The summed E-state index contributed by atoms with van der Waals surface area (Å²) in [6.07, 6.45) is 2.78. The molecule has 8 nitrogen and oxygen atoms in total. The van der Waals surface area contributed by atoms with Crippen LogP contribution in [0.15, 0.2) is 48.5 Å². The maximum atomic E-state index is 11.3. The maximum absolute atomic E-state index is 11.3. The van der Waals surface area contributed by atoms with Crippen LogP contribution in [0.4, 0.5) is 11.4 Å². The van der Waals surface area contributed by atoms with Crippen LogP contribution in [-0.4, -0.2) is 42.2 Å². The summed E-state index contributed by atoms with van der Waals surface area (Å²) >= 11 is 0. The summed E-state index contributed by atoms with van der Waals surface area (Å²) < 4.78 is 10.6. The third kappa shape index (κ3) is 5.44. The smallest absolute Gasteiger partial charge is 0.303 e. The van der Waals surface area contributed by atoms with Crippen LogP contribution >= 0.6 is 0 Å². The number of nitro groups is 1. The molecule has 0 aromatic heterocycles. The summed E-state index contributed by atoms with van der Waals surface area (Å²) in [4.78, 5) is 35.0. The predicted molar refractivity (Wildman–Crippen MR) is 112 cm³/mol. The highest BCUT2D eigenvalue weighted by Gasteiger charge is 2.37. The Kier molecular flexibility index (Phi) is 6.46. The fourth-order valence-corrected chi connectivity index (χ4v) is 3.30. The van der Waals surface area contributed by atoms with E-state index >= 15 is 0 Å². The molecule has 0 N–H and O–H groups in total. The van der Waals surface area contributed by atoms with E-state index in [4.69, 9.17) is 9.47 Å². The lowest BCUT2D eigenvalue weighted by atomic mass is 10.1. The maximum Gasteiger partial charge on any atom is 0.303 e. The average Bonchev–Trinajstić information content (AvgIpc) is 3.08. The summed E-state index contributed by atoms with van der Waals surface area (Å²) in [6.45, 7) is 3.55. The fraction of sp³-hybridized carbons (Fsp3) is 0.273. The first kappa shape index (κ1) is 21.0. The van der Waals surface area contributed by atoms with E-state index in [-0.39, 0.29) is 5.69 Å². The number of nitrogens with zero attached hydrogens (tertiary/aromatic N) is 2. The summed E-state index contributed by atoms with van der Waals surface area (Å²) in [7, 11) is 0. The average molecular weight is 410 g/mol. The largest absolute Gasteiger partial charge is 0.457 e. The van der Waals surface area contributed by atoms with Crippen molar-refractivity contribution in [1.82, 2.24) is 0 Å². The van der Waals surface area contributed by atoms with Gasteiger partial charge < -0.3 is 14.4 Å². The molecule has 0 aliphatic carbocycles. The highest BCUT2D eigenvalue weighted by Crippen LogP contribution is 2.25. The summed E-state index contributed by atoms with van der Waals surface area (Å²) in [5, 5.41) is 10.7. The van der Waals surface area contributed by atoms with Gasteiger partial charge in [-0.3, -0.25) is 19.7 Å². The Bertz CT molecular complexity index is 929. The van der Waals surface area contributed by atoms with Gasteiger partial charge in [-0.1, -0.05) is 24.3 Å². The van der Waals surface area contributed by atoms with Crippen LogP contribution in [0.1, 0.15) is 25.0 Å². The van der Waals surface area contributed by atoms with E-state index in [9.17, 15) is 19.7 Å². The Labute approximate surface area is 173 Å². The molecular formula is C22H22N2O6. The monoisotopic (exact) mass is 410 g/mol. The number of carbonyl (C=O) groups is 2. The quantitative estimate of drug-likeness (QED) is 0.311. The van der Waals surface area contributed by atoms with Crippen molar-refractivity contribution in [3.63, 3.8) is 0 Å². The molecule has 2 atom stereocenters. The zero-order chi connectivity index (χ0) is 21.7. The molecule has 2 unspecified atom stereocenters. The van der Waals surface area contributed by atoms with E-state index in [1.807, 2.05) is 41.3 Å². The number of nitro benzene ring substituents is 1. The number of anilines is 1. The molecule has 3 rings (SSSR count). The van der Waals surface area contributed by atoms with E-state index < -0.39 is 29.1 Å². The van der Waals surface area contributed by atoms with Crippen molar-refractivity contribution in [2.75, 3.05) is 18.0 Å². The highest BCUT2D eigenvalue weighted by atomic mass is 16.6. The van der Waals surface area contributed by atoms with Gasteiger partial charge in [0, 0.05) is 31.7 Å². The summed E-state index contributed by atoms with van der Waals surface area (Å²) in [6, 6.07) is 14.1. The number of ether oxygens (including phenoxy) is 2.